The largest absolute Gasteiger partial charge is 0.386 e. The van der Waals surface area contributed by atoms with Gasteiger partial charge in [-0.25, -0.2) is 4.99 Å². The number of aliphatic imine (C=N–C) groups is 1. The Labute approximate surface area is 182 Å². The third-order valence-corrected chi connectivity index (χ3v) is 6.23. The first-order valence-electron chi connectivity index (χ1n) is 8.81. The Morgan fingerprint density at radius 2 is 1.90 bits per heavy atom. The van der Waals surface area contributed by atoms with Gasteiger partial charge in [0.25, 0.3) is 0 Å². The van der Waals surface area contributed by atoms with Crippen LogP contribution in [0.1, 0.15) is 27.4 Å². The molecule has 7 heteroatoms. The number of ketones is 1. The normalized spacial score (nSPS) is 18.6. The van der Waals surface area contributed by atoms with Crippen molar-refractivity contribution in [1.29, 1.82) is 10.5 Å². The predicted molar refractivity (Wildman–Crippen MR) is 118 cm³/mol. The van der Waals surface area contributed by atoms with Gasteiger partial charge in [-0.05, 0) is 30.2 Å². The van der Waals surface area contributed by atoms with E-state index in [9.17, 15) is 15.3 Å². The molecule has 1 unspecified atom stereocenters. The summed E-state index contributed by atoms with van der Waals surface area (Å²) in [7, 11) is 0. The molecule has 1 aliphatic rings. The monoisotopic (exact) mass is 464 g/mol. The lowest BCUT2D eigenvalue weighted by Crippen LogP contribution is -2.32. The molecule has 0 saturated carbocycles. The van der Waals surface area contributed by atoms with E-state index in [1.54, 1.807) is 24.3 Å². The quantitative estimate of drug-likeness (QED) is 0.645. The number of hydrogen-bond acceptors (Lipinski definition) is 6. The molecule has 0 fully saturated rings. The molecule has 2 aromatic rings. The maximum Gasteiger partial charge on any atom is 0.173 e. The van der Waals surface area contributed by atoms with Crippen LogP contribution in [0.3, 0.4) is 0 Å². The van der Waals surface area contributed by atoms with Crippen LogP contribution < -0.4 is 5.73 Å². The molecule has 2 aromatic carbocycles. The van der Waals surface area contributed by atoms with Gasteiger partial charge >= 0.3 is 0 Å². The molecule has 2 N–H and O–H groups in total. The number of hydrogen-bond donors (Lipinski definition) is 1. The predicted octanol–water partition coefficient (Wildman–Crippen LogP) is 4.70. The smallest absolute Gasteiger partial charge is 0.173 e. The zero-order valence-electron chi connectivity index (χ0n) is 15.6. The summed E-state index contributed by atoms with van der Waals surface area (Å²) >= 11 is 4.53. The molecule has 0 saturated heterocycles. The lowest BCUT2D eigenvalue weighted by atomic mass is 9.78. The van der Waals surface area contributed by atoms with Gasteiger partial charge in [0.2, 0.25) is 0 Å². The molecule has 0 radical (unpaired) electrons. The molecule has 29 heavy (non-hydrogen) atoms. The molecule has 1 aliphatic heterocycles. The number of thioether (sulfide) groups is 1. The molecule has 0 aromatic heterocycles. The van der Waals surface area contributed by atoms with Crippen LogP contribution in [0.5, 0.6) is 0 Å². The summed E-state index contributed by atoms with van der Waals surface area (Å²) in [5.41, 5.74) is 8.87. The van der Waals surface area contributed by atoms with Crippen LogP contribution in [0.15, 0.2) is 68.6 Å². The first-order chi connectivity index (χ1) is 14.0. The van der Waals surface area contributed by atoms with Gasteiger partial charge in [-0.2, -0.15) is 10.5 Å². The van der Waals surface area contributed by atoms with Crippen LogP contribution in [-0.2, 0) is 0 Å². The Balaban J connectivity index is 1.94. The summed E-state index contributed by atoms with van der Waals surface area (Å²) in [5.74, 6) is -1.02. The van der Waals surface area contributed by atoms with E-state index in [-0.39, 0.29) is 17.4 Å². The van der Waals surface area contributed by atoms with Gasteiger partial charge < -0.3 is 5.73 Å². The lowest BCUT2D eigenvalue weighted by molar-refractivity contribution is 0.102. The van der Waals surface area contributed by atoms with E-state index in [0.29, 0.717) is 16.2 Å². The number of amidine groups is 1. The van der Waals surface area contributed by atoms with E-state index in [2.05, 4.69) is 33.1 Å². The zero-order chi connectivity index (χ0) is 21.0. The minimum Gasteiger partial charge on any atom is -0.386 e. The number of carbonyl (C=O) groups is 1. The molecule has 0 amide bonds. The second-order valence-electron chi connectivity index (χ2n) is 6.53. The van der Waals surface area contributed by atoms with Crippen LogP contribution in [0.25, 0.3) is 0 Å². The highest BCUT2D eigenvalue weighted by Crippen LogP contribution is 2.41. The molecule has 3 rings (SSSR count). The van der Waals surface area contributed by atoms with Gasteiger partial charge in [0, 0.05) is 16.0 Å². The number of nitriles is 2. The van der Waals surface area contributed by atoms with Crippen molar-refractivity contribution in [1.82, 2.24) is 0 Å². The minimum atomic E-state index is -0.725. The third kappa shape index (κ3) is 4.42. The summed E-state index contributed by atoms with van der Waals surface area (Å²) in [6.45, 7) is 1.94. The SMILES string of the molecule is Cc1ccccc1[C@H]1C(C#N)=C(SCC(=O)c2ccc(Br)cc2)N=C(N)C1C#N. The molecule has 0 spiro atoms. The minimum absolute atomic E-state index is 0.0732. The Bertz CT molecular complexity index is 1090. The van der Waals surface area contributed by atoms with E-state index in [0.717, 1.165) is 15.6 Å². The number of benzene rings is 2. The lowest BCUT2D eigenvalue weighted by Gasteiger charge is -2.28. The van der Waals surface area contributed by atoms with E-state index in [1.165, 1.54) is 11.8 Å². The number of rotatable bonds is 5. The highest BCUT2D eigenvalue weighted by Gasteiger charge is 2.36. The maximum absolute atomic E-state index is 12.5. The first-order valence-corrected chi connectivity index (χ1v) is 10.6. The fourth-order valence-electron chi connectivity index (χ4n) is 3.21. The number of allylic oxidation sites excluding steroid dienone is 1. The molecule has 1 heterocycles. The molecular formula is C22H17BrN4OS. The fraction of sp³-hybridized carbons (Fsp3) is 0.182. The molecule has 2 atom stereocenters. The summed E-state index contributed by atoms with van der Waals surface area (Å²) in [5, 5.41) is 19.9. The number of nitrogens with zero attached hydrogens (tertiary/aromatic N) is 3. The number of halogens is 1. The standard InChI is InChI=1S/C22H17BrN4OS/c1-13-4-2-3-5-16(13)20-17(10-24)21(26)27-22(18(20)11-25)29-12-19(28)14-6-8-15(23)9-7-14/h2-9,17,20H,12H2,1H3,(H2,26,27)/t17?,20-/m1/s1. The van der Waals surface area contributed by atoms with Crippen molar-refractivity contribution in [2.45, 2.75) is 12.8 Å². The Morgan fingerprint density at radius 3 is 2.52 bits per heavy atom. The molecule has 0 aliphatic carbocycles. The van der Waals surface area contributed by atoms with E-state index >= 15 is 0 Å². The van der Waals surface area contributed by atoms with Crippen LogP contribution in [-0.4, -0.2) is 17.4 Å². The molecule has 144 valence electrons. The van der Waals surface area contributed by atoms with E-state index in [1.807, 2.05) is 31.2 Å². The van der Waals surface area contributed by atoms with Gasteiger partial charge in [-0.3, -0.25) is 4.79 Å². The first kappa shape index (κ1) is 20.9. The van der Waals surface area contributed by atoms with Crippen molar-refractivity contribution in [2.24, 2.45) is 16.6 Å². The van der Waals surface area contributed by atoms with Crippen molar-refractivity contribution in [2.75, 3.05) is 5.75 Å². The van der Waals surface area contributed by atoms with Crippen molar-refractivity contribution >= 4 is 39.3 Å². The highest BCUT2D eigenvalue weighted by molar-refractivity contribution is 9.10. The molecular weight excluding hydrogens is 448 g/mol. The Kier molecular flexibility index (Phi) is 6.53. The van der Waals surface area contributed by atoms with Crippen molar-refractivity contribution in [3.05, 3.63) is 80.3 Å². The van der Waals surface area contributed by atoms with Crippen molar-refractivity contribution < 1.29 is 4.79 Å². The number of nitrogens with two attached hydrogens (primary N) is 1. The van der Waals surface area contributed by atoms with Crippen LogP contribution in [0.4, 0.5) is 0 Å². The summed E-state index contributed by atoms with van der Waals surface area (Å²) < 4.78 is 0.893. The topological polar surface area (TPSA) is 103 Å². The second-order valence-corrected chi connectivity index (χ2v) is 8.41. The average Bonchev–Trinajstić information content (AvgIpc) is 2.72. The Hall–Kier alpha value is -2.87. The maximum atomic E-state index is 12.5. The van der Waals surface area contributed by atoms with E-state index < -0.39 is 11.8 Å². The van der Waals surface area contributed by atoms with Gasteiger partial charge in [-0.15, -0.1) is 0 Å². The summed E-state index contributed by atoms with van der Waals surface area (Å²) in [4.78, 5) is 16.8. The van der Waals surface area contributed by atoms with Gasteiger partial charge in [0.1, 0.15) is 16.8 Å². The van der Waals surface area contributed by atoms with Crippen LogP contribution >= 0.6 is 27.7 Å². The van der Waals surface area contributed by atoms with Crippen molar-refractivity contribution in [3.8, 4) is 12.1 Å². The van der Waals surface area contributed by atoms with Gasteiger partial charge in [-0.1, -0.05) is 64.1 Å². The number of Topliss-reactive ketones (excluding diaryl/α,β-unsaturated/α-hetero) is 1. The van der Waals surface area contributed by atoms with Crippen LogP contribution in [0.2, 0.25) is 0 Å². The second kappa shape index (κ2) is 9.09. The van der Waals surface area contributed by atoms with E-state index in [4.69, 9.17) is 5.73 Å². The number of carbonyl (C=O) groups excluding carboxylic acids is 1. The molecule has 0 bridgehead atoms. The number of aryl methyl sites for hydroxylation is 1. The average molecular weight is 465 g/mol. The highest BCUT2D eigenvalue weighted by atomic mass is 79.9. The summed E-state index contributed by atoms with van der Waals surface area (Å²) in [6.07, 6.45) is 0. The fourth-order valence-corrected chi connectivity index (χ4v) is 4.41. The van der Waals surface area contributed by atoms with Crippen LogP contribution in [0, 0.1) is 35.5 Å². The molecule has 5 nitrogen and oxygen atoms in total. The summed E-state index contributed by atoms with van der Waals surface area (Å²) in [6, 6.07) is 19.1. The van der Waals surface area contributed by atoms with Crippen molar-refractivity contribution in [3.63, 3.8) is 0 Å². The Morgan fingerprint density at radius 1 is 1.21 bits per heavy atom. The van der Waals surface area contributed by atoms with Gasteiger partial charge in [0.05, 0.1) is 23.5 Å². The zero-order valence-corrected chi connectivity index (χ0v) is 18.0. The third-order valence-electron chi connectivity index (χ3n) is 4.71. The van der Waals surface area contributed by atoms with Gasteiger partial charge in [0.15, 0.2) is 5.78 Å².